The van der Waals surface area contributed by atoms with Gasteiger partial charge in [-0.1, -0.05) is 26.0 Å². The van der Waals surface area contributed by atoms with Crippen molar-refractivity contribution in [3.8, 4) is 11.4 Å². The number of hydrogen-bond acceptors (Lipinski definition) is 6. The first-order valence-electron chi connectivity index (χ1n) is 12.8. The quantitative estimate of drug-likeness (QED) is 0.433. The SMILES string of the molecule is CC(C)CNC(=O)CCN(CCCN1CCOCC1)c1nc(-c2ccc(F)cc2)nc2ccccc12. The third-order valence-corrected chi connectivity index (χ3v) is 6.31. The normalized spacial score (nSPS) is 14.3. The van der Waals surface area contributed by atoms with E-state index in [9.17, 15) is 9.18 Å². The first-order chi connectivity index (χ1) is 17.5. The van der Waals surface area contributed by atoms with Crippen LogP contribution in [-0.2, 0) is 9.53 Å². The fourth-order valence-electron chi connectivity index (χ4n) is 4.31. The summed E-state index contributed by atoms with van der Waals surface area (Å²) in [5.41, 5.74) is 1.58. The number of aromatic nitrogens is 2. The third-order valence-electron chi connectivity index (χ3n) is 6.31. The van der Waals surface area contributed by atoms with Crippen molar-refractivity contribution in [2.24, 2.45) is 5.92 Å². The molecule has 2 aromatic carbocycles. The van der Waals surface area contributed by atoms with Gasteiger partial charge in [-0.15, -0.1) is 0 Å². The van der Waals surface area contributed by atoms with Crippen molar-refractivity contribution in [3.63, 3.8) is 0 Å². The Labute approximate surface area is 212 Å². The van der Waals surface area contributed by atoms with Crippen LogP contribution in [0.5, 0.6) is 0 Å². The number of carbonyl (C=O) groups is 1. The Morgan fingerprint density at radius 2 is 1.83 bits per heavy atom. The molecule has 8 heteroatoms. The van der Waals surface area contributed by atoms with Gasteiger partial charge in [0.2, 0.25) is 5.91 Å². The van der Waals surface area contributed by atoms with Crippen LogP contribution in [0.25, 0.3) is 22.3 Å². The minimum atomic E-state index is -0.295. The average molecular weight is 494 g/mol. The minimum absolute atomic E-state index is 0.0407. The van der Waals surface area contributed by atoms with Crippen LogP contribution in [0, 0.1) is 11.7 Å². The molecule has 0 bridgehead atoms. The molecule has 0 spiro atoms. The maximum atomic E-state index is 13.5. The highest BCUT2D eigenvalue weighted by atomic mass is 19.1. The van der Waals surface area contributed by atoms with Gasteiger partial charge in [0.15, 0.2) is 5.82 Å². The molecule has 0 unspecified atom stereocenters. The summed E-state index contributed by atoms with van der Waals surface area (Å²) in [6.07, 6.45) is 1.33. The van der Waals surface area contributed by atoms with Crippen molar-refractivity contribution in [2.75, 3.05) is 57.4 Å². The van der Waals surface area contributed by atoms with E-state index in [-0.39, 0.29) is 11.7 Å². The number of morpholine rings is 1. The number of ether oxygens (including phenoxy) is 1. The number of fused-ring (bicyclic) bond motifs is 1. The molecule has 0 aliphatic carbocycles. The van der Waals surface area contributed by atoms with Gasteiger partial charge in [-0.05, 0) is 48.7 Å². The van der Waals surface area contributed by atoms with Crippen LogP contribution in [0.4, 0.5) is 10.2 Å². The lowest BCUT2D eigenvalue weighted by Crippen LogP contribution is -2.39. The number of nitrogens with zero attached hydrogens (tertiary/aromatic N) is 4. The Hall–Kier alpha value is -3.10. The Morgan fingerprint density at radius 1 is 1.08 bits per heavy atom. The molecule has 192 valence electrons. The van der Waals surface area contributed by atoms with E-state index in [4.69, 9.17) is 14.7 Å². The molecule has 1 aliphatic rings. The number of carbonyl (C=O) groups excluding carboxylic acids is 1. The summed E-state index contributed by atoms with van der Waals surface area (Å²) in [7, 11) is 0. The van der Waals surface area contributed by atoms with E-state index in [1.54, 1.807) is 12.1 Å². The predicted molar refractivity (Wildman–Crippen MR) is 141 cm³/mol. The molecule has 0 atom stereocenters. The molecule has 2 heterocycles. The van der Waals surface area contributed by atoms with E-state index in [1.807, 2.05) is 24.3 Å². The zero-order chi connectivity index (χ0) is 25.3. The number of halogens is 1. The summed E-state index contributed by atoms with van der Waals surface area (Å²) in [6.45, 7) is 10.6. The largest absolute Gasteiger partial charge is 0.379 e. The van der Waals surface area contributed by atoms with Crippen molar-refractivity contribution in [3.05, 3.63) is 54.3 Å². The van der Waals surface area contributed by atoms with Crippen LogP contribution in [0.15, 0.2) is 48.5 Å². The number of anilines is 1. The molecule has 1 amide bonds. The zero-order valence-corrected chi connectivity index (χ0v) is 21.3. The lowest BCUT2D eigenvalue weighted by molar-refractivity contribution is -0.121. The number of rotatable bonds is 11. The van der Waals surface area contributed by atoms with E-state index in [1.165, 1.54) is 12.1 Å². The first kappa shape index (κ1) is 26.0. The molecule has 7 nitrogen and oxygen atoms in total. The molecule has 4 rings (SSSR count). The van der Waals surface area contributed by atoms with Gasteiger partial charge in [-0.2, -0.15) is 0 Å². The van der Waals surface area contributed by atoms with Crippen LogP contribution >= 0.6 is 0 Å². The summed E-state index contributed by atoms with van der Waals surface area (Å²) >= 11 is 0. The molecule has 1 N–H and O–H groups in total. The molecular weight excluding hydrogens is 457 g/mol. The van der Waals surface area contributed by atoms with Crippen molar-refractivity contribution < 1.29 is 13.9 Å². The fraction of sp³-hybridized carbons (Fsp3) is 0.464. The lowest BCUT2D eigenvalue weighted by Gasteiger charge is -2.29. The second kappa shape index (κ2) is 12.7. The maximum Gasteiger partial charge on any atom is 0.221 e. The maximum absolute atomic E-state index is 13.5. The van der Waals surface area contributed by atoms with Gasteiger partial charge in [0, 0.05) is 56.6 Å². The highest BCUT2D eigenvalue weighted by Crippen LogP contribution is 2.28. The van der Waals surface area contributed by atoms with E-state index >= 15 is 0 Å². The fourth-order valence-corrected chi connectivity index (χ4v) is 4.31. The first-order valence-corrected chi connectivity index (χ1v) is 12.8. The second-order valence-corrected chi connectivity index (χ2v) is 9.64. The summed E-state index contributed by atoms with van der Waals surface area (Å²) < 4.78 is 19.0. The van der Waals surface area contributed by atoms with Crippen molar-refractivity contribution in [2.45, 2.75) is 26.7 Å². The summed E-state index contributed by atoms with van der Waals surface area (Å²) in [5, 5.41) is 3.96. The topological polar surface area (TPSA) is 70.6 Å². The summed E-state index contributed by atoms with van der Waals surface area (Å²) in [5.74, 6) is 1.50. The highest BCUT2D eigenvalue weighted by molar-refractivity contribution is 5.91. The molecular formula is C28H36FN5O2. The van der Waals surface area contributed by atoms with Gasteiger partial charge in [0.05, 0.1) is 18.7 Å². The van der Waals surface area contributed by atoms with Crippen LogP contribution in [0.3, 0.4) is 0 Å². The molecule has 0 saturated carbocycles. The van der Waals surface area contributed by atoms with Crippen LogP contribution in [0.1, 0.15) is 26.7 Å². The van der Waals surface area contributed by atoms with Gasteiger partial charge in [-0.25, -0.2) is 14.4 Å². The Bertz CT molecular complexity index is 1130. The molecule has 0 radical (unpaired) electrons. The van der Waals surface area contributed by atoms with Gasteiger partial charge < -0.3 is 15.0 Å². The van der Waals surface area contributed by atoms with E-state index in [0.29, 0.717) is 31.3 Å². The van der Waals surface area contributed by atoms with Gasteiger partial charge >= 0.3 is 0 Å². The number of nitrogens with one attached hydrogen (secondary N) is 1. The number of amides is 1. The van der Waals surface area contributed by atoms with E-state index < -0.39 is 0 Å². The van der Waals surface area contributed by atoms with Crippen LogP contribution in [0.2, 0.25) is 0 Å². The number of benzene rings is 2. The van der Waals surface area contributed by atoms with Crippen molar-refractivity contribution >= 4 is 22.6 Å². The highest BCUT2D eigenvalue weighted by Gasteiger charge is 2.18. The van der Waals surface area contributed by atoms with Gasteiger partial charge in [-0.3, -0.25) is 9.69 Å². The molecule has 36 heavy (non-hydrogen) atoms. The molecule has 1 saturated heterocycles. The van der Waals surface area contributed by atoms with Gasteiger partial charge in [0.25, 0.3) is 0 Å². The summed E-state index contributed by atoms with van der Waals surface area (Å²) in [4.78, 5) is 26.9. The van der Waals surface area contributed by atoms with Crippen molar-refractivity contribution in [1.29, 1.82) is 0 Å². The van der Waals surface area contributed by atoms with Gasteiger partial charge in [0.1, 0.15) is 11.6 Å². The number of hydrogen-bond donors (Lipinski definition) is 1. The van der Waals surface area contributed by atoms with Crippen LogP contribution < -0.4 is 10.2 Å². The van der Waals surface area contributed by atoms with Crippen molar-refractivity contribution in [1.82, 2.24) is 20.2 Å². The Kier molecular flexibility index (Phi) is 9.19. The standard InChI is InChI=1S/C28H36FN5O2/c1-21(2)20-30-26(35)12-15-34(14-5-13-33-16-18-36-19-17-33)28-24-6-3-4-7-25(24)31-27(32-28)22-8-10-23(29)11-9-22/h3-4,6-11,21H,5,12-20H2,1-2H3,(H,30,35). The smallest absolute Gasteiger partial charge is 0.221 e. The Morgan fingerprint density at radius 3 is 2.58 bits per heavy atom. The van der Waals surface area contributed by atoms with Crippen LogP contribution in [-0.4, -0.2) is 73.3 Å². The molecule has 1 aliphatic heterocycles. The average Bonchev–Trinajstić information content (AvgIpc) is 2.90. The third kappa shape index (κ3) is 7.21. The minimum Gasteiger partial charge on any atom is -0.379 e. The monoisotopic (exact) mass is 493 g/mol. The predicted octanol–water partition coefficient (Wildman–Crippen LogP) is 4.13. The second-order valence-electron chi connectivity index (χ2n) is 9.64. The Balaban J connectivity index is 1.60. The van der Waals surface area contributed by atoms with E-state index in [0.717, 1.165) is 68.1 Å². The van der Waals surface area contributed by atoms with E-state index in [2.05, 4.69) is 29.0 Å². The summed E-state index contributed by atoms with van der Waals surface area (Å²) in [6, 6.07) is 14.2. The molecule has 3 aromatic rings. The number of para-hydroxylation sites is 1. The molecule has 1 fully saturated rings. The molecule has 1 aromatic heterocycles. The lowest BCUT2D eigenvalue weighted by atomic mass is 10.1. The zero-order valence-electron chi connectivity index (χ0n) is 21.3.